The first kappa shape index (κ1) is 10.8. The summed E-state index contributed by atoms with van der Waals surface area (Å²) in [6, 6.07) is 0.0123. The van der Waals surface area contributed by atoms with E-state index in [1.54, 1.807) is 10.9 Å². The number of rotatable bonds is 3. The topological polar surface area (TPSA) is 67.1 Å². The largest absolute Gasteiger partial charge is 0.394 e. The number of likely N-dealkylation sites (N-methyl/N-ethyl adjacent to an activating group) is 1. The number of aromatic nitrogens is 4. The van der Waals surface area contributed by atoms with E-state index in [1.165, 1.54) is 6.33 Å². The normalized spacial score (nSPS) is 13.0. The average molecular weight is 221 g/mol. The molecular formula is C10H15N5O. The maximum absolute atomic E-state index is 9.14. The van der Waals surface area contributed by atoms with Crippen LogP contribution in [-0.4, -0.2) is 44.6 Å². The van der Waals surface area contributed by atoms with Gasteiger partial charge in [-0.2, -0.15) is 5.10 Å². The van der Waals surface area contributed by atoms with Gasteiger partial charge in [0.05, 0.1) is 24.2 Å². The Bertz CT molecular complexity index is 495. The standard InChI is InChI=1S/C10H15N5O/c1-7(5-16)14(2)9-8-4-13-15(3)10(8)12-6-11-9/h4,6-7,16H,5H2,1-3H3. The lowest BCUT2D eigenvalue weighted by molar-refractivity contribution is 0.270. The minimum atomic E-state index is 0.0123. The van der Waals surface area contributed by atoms with Crippen molar-refractivity contribution in [2.45, 2.75) is 13.0 Å². The van der Waals surface area contributed by atoms with Crippen molar-refractivity contribution in [1.82, 2.24) is 19.7 Å². The summed E-state index contributed by atoms with van der Waals surface area (Å²) < 4.78 is 1.71. The fraction of sp³-hybridized carbons (Fsp3) is 0.500. The second-order valence-electron chi connectivity index (χ2n) is 3.85. The summed E-state index contributed by atoms with van der Waals surface area (Å²) >= 11 is 0. The van der Waals surface area contributed by atoms with Crippen molar-refractivity contribution < 1.29 is 5.11 Å². The van der Waals surface area contributed by atoms with E-state index in [1.807, 2.05) is 25.9 Å². The number of aryl methyl sites for hydroxylation is 1. The Morgan fingerprint density at radius 3 is 2.94 bits per heavy atom. The fourth-order valence-electron chi connectivity index (χ4n) is 1.56. The number of nitrogens with zero attached hydrogens (tertiary/aromatic N) is 5. The minimum absolute atomic E-state index is 0.0123. The molecule has 0 aromatic carbocycles. The smallest absolute Gasteiger partial charge is 0.163 e. The first-order valence-corrected chi connectivity index (χ1v) is 5.11. The minimum Gasteiger partial charge on any atom is -0.394 e. The monoisotopic (exact) mass is 221 g/mol. The van der Waals surface area contributed by atoms with Gasteiger partial charge in [-0.25, -0.2) is 9.97 Å². The van der Waals surface area contributed by atoms with Gasteiger partial charge in [0.25, 0.3) is 0 Å². The van der Waals surface area contributed by atoms with Crippen molar-refractivity contribution in [2.75, 3.05) is 18.6 Å². The number of fused-ring (bicyclic) bond motifs is 1. The fourth-order valence-corrected chi connectivity index (χ4v) is 1.56. The molecule has 0 aliphatic rings. The highest BCUT2D eigenvalue weighted by Crippen LogP contribution is 2.22. The van der Waals surface area contributed by atoms with Gasteiger partial charge >= 0.3 is 0 Å². The number of aliphatic hydroxyl groups is 1. The summed E-state index contributed by atoms with van der Waals surface area (Å²) in [5, 5.41) is 14.2. The molecule has 2 aromatic rings. The molecule has 0 saturated heterocycles. The van der Waals surface area contributed by atoms with E-state index < -0.39 is 0 Å². The van der Waals surface area contributed by atoms with Crippen molar-refractivity contribution in [3.05, 3.63) is 12.5 Å². The zero-order chi connectivity index (χ0) is 11.7. The zero-order valence-electron chi connectivity index (χ0n) is 9.62. The quantitative estimate of drug-likeness (QED) is 0.800. The molecule has 0 radical (unpaired) electrons. The average Bonchev–Trinajstić information content (AvgIpc) is 2.69. The highest BCUT2D eigenvalue weighted by molar-refractivity contribution is 5.86. The Kier molecular flexibility index (Phi) is 2.74. The van der Waals surface area contributed by atoms with Crippen LogP contribution in [0, 0.1) is 0 Å². The summed E-state index contributed by atoms with van der Waals surface area (Å²) in [5.41, 5.74) is 0.794. The van der Waals surface area contributed by atoms with Gasteiger partial charge in [-0.3, -0.25) is 4.68 Å². The molecule has 0 spiro atoms. The van der Waals surface area contributed by atoms with E-state index >= 15 is 0 Å². The lowest BCUT2D eigenvalue weighted by atomic mass is 10.3. The van der Waals surface area contributed by atoms with Crippen molar-refractivity contribution in [1.29, 1.82) is 0 Å². The van der Waals surface area contributed by atoms with Crippen LogP contribution in [0.2, 0.25) is 0 Å². The second-order valence-corrected chi connectivity index (χ2v) is 3.85. The summed E-state index contributed by atoms with van der Waals surface area (Å²) in [6.07, 6.45) is 3.26. The Hall–Kier alpha value is -1.69. The van der Waals surface area contributed by atoms with Crippen LogP contribution in [0.25, 0.3) is 11.0 Å². The Morgan fingerprint density at radius 2 is 2.25 bits per heavy atom. The molecule has 0 aliphatic heterocycles. The molecule has 0 amide bonds. The van der Waals surface area contributed by atoms with Crippen molar-refractivity contribution in [3.8, 4) is 0 Å². The van der Waals surface area contributed by atoms with E-state index in [2.05, 4.69) is 15.1 Å². The molecule has 16 heavy (non-hydrogen) atoms. The van der Waals surface area contributed by atoms with Crippen LogP contribution in [0.4, 0.5) is 5.82 Å². The highest BCUT2D eigenvalue weighted by atomic mass is 16.3. The third-order valence-electron chi connectivity index (χ3n) is 2.77. The molecular weight excluding hydrogens is 206 g/mol. The van der Waals surface area contributed by atoms with Crippen LogP contribution in [-0.2, 0) is 7.05 Å². The van der Waals surface area contributed by atoms with E-state index in [0.717, 1.165) is 16.9 Å². The molecule has 2 heterocycles. The molecule has 0 bridgehead atoms. The van der Waals surface area contributed by atoms with Crippen molar-refractivity contribution >= 4 is 16.9 Å². The molecule has 2 aromatic heterocycles. The SMILES string of the molecule is CC(CO)N(C)c1ncnc2c1cnn2C. The van der Waals surface area contributed by atoms with Gasteiger partial charge in [-0.05, 0) is 6.92 Å². The van der Waals surface area contributed by atoms with E-state index in [0.29, 0.717) is 0 Å². The van der Waals surface area contributed by atoms with Crippen LogP contribution < -0.4 is 4.90 Å². The number of aliphatic hydroxyl groups excluding tert-OH is 1. The summed E-state index contributed by atoms with van der Waals surface area (Å²) in [6.45, 7) is 2.02. The van der Waals surface area contributed by atoms with Crippen LogP contribution in [0.15, 0.2) is 12.5 Å². The van der Waals surface area contributed by atoms with E-state index in [9.17, 15) is 0 Å². The number of hydrogen-bond acceptors (Lipinski definition) is 5. The van der Waals surface area contributed by atoms with E-state index in [-0.39, 0.29) is 12.6 Å². The molecule has 0 saturated carbocycles. The molecule has 1 atom stereocenters. The maximum Gasteiger partial charge on any atom is 0.163 e. The maximum atomic E-state index is 9.14. The van der Waals surface area contributed by atoms with Gasteiger partial charge in [0.2, 0.25) is 0 Å². The highest BCUT2D eigenvalue weighted by Gasteiger charge is 2.15. The van der Waals surface area contributed by atoms with Gasteiger partial charge in [-0.1, -0.05) is 0 Å². The molecule has 0 aliphatic carbocycles. The van der Waals surface area contributed by atoms with Crippen molar-refractivity contribution in [3.63, 3.8) is 0 Å². The summed E-state index contributed by atoms with van der Waals surface area (Å²) in [5.74, 6) is 0.791. The third kappa shape index (κ3) is 1.61. The van der Waals surface area contributed by atoms with Crippen LogP contribution in [0.3, 0.4) is 0 Å². The van der Waals surface area contributed by atoms with Crippen LogP contribution in [0.5, 0.6) is 0 Å². The summed E-state index contributed by atoms with van der Waals surface area (Å²) in [7, 11) is 3.74. The molecule has 6 heteroatoms. The van der Waals surface area contributed by atoms with Gasteiger partial charge < -0.3 is 10.0 Å². The second kappa shape index (κ2) is 4.05. The molecule has 2 rings (SSSR count). The molecule has 6 nitrogen and oxygen atoms in total. The lowest BCUT2D eigenvalue weighted by Gasteiger charge is -2.24. The van der Waals surface area contributed by atoms with Gasteiger partial charge in [-0.15, -0.1) is 0 Å². The first-order valence-electron chi connectivity index (χ1n) is 5.11. The van der Waals surface area contributed by atoms with Crippen LogP contribution in [0.1, 0.15) is 6.92 Å². The molecule has 1 unspecified atom stereocenters. The van der Waals surface area contributed by atoms with Gasteiger partial charge in [0.1, 0.15) is 12.1 Å². The Balaban J connectivity index is 2.52. The lowest BCUT2D eigenvalue weighted by Crippen LogP contribution is -2.32. The van der Waals surface area contributed by atoms with Crippen LogP contribution >= 0.6 is 0 Å². The number of anilines is 1. The van der Waals surface area contributed by atoms with Gasteiger partial charge in [0, 0.05) is 14.1 Å². The Labute approximate surface area is 93.5 Å². The zero-order valence-corrected chi connectivity index (χ0v) is 9.62. The third-order valence-corrected chi connectivity index (χ3v) is 2.77. The predicted octanol–water partition coefficient (Wildman–Crippen LogP) is 0.180. The molecule has 0 fully saturated rings. The van der Waals surface area contributed by atoms with Gasteiger partial charge in [0.15, 0.2) is 5.65 Å². The molecule has 1 N–H and O–H groups in total. The number of hydrogen-bond donors (Lipinski definition) is 1. The Morgan fingerprint density at radius 1 is 1.50 bits per heavy atom. The summed E-state index contributed by atoms with van der Waals surface area (Å²) in [4.78, 5) is 10.3. The van der Waals surface area contributed by atoms with Crippen molar-refractivity contribution in [2.24, 2.45) is 7.05 Å². The predicted molar refractivity (Wildman–Crippen MR) is 61.3 cm³/mol. The van der Waals surface area contributed by atoms with E-state index in [4.69, 9.17) is 5.11 Å². The first-order chi connectivity index (χ1) is 7.65. The molecule has 86 valence electrons.